The van der Waals surface area contributed by atoms with E-state index in [0.29, 0.717) is 32.7 Å². The number of carbonyl (C=O) groups is 1. The van der Waals surface area contributed by atoms with Crippen LogP contribution in [0, 0.1) is 5.82 Å². The highest BCUT2D eigenvalue weighted by molar-refractivity contribution is 7.09. The van der Waals surface area contributed by atoms with E-state index in [4.69, 9.17) is 16.3 Å². The van der Waals surface area contributed by atoms with Crippen molar-refractivity contribution in [1.82, 2.24) is 19.9 Å². The van der Waals surface area contributed by atoms with Crippen LogP contribution in [-0.2, 0) is 13.2 Å². The number of thiazole rings is 1. The van der Waals surface area contributed by atoms with Gasteiger partial charge in [-0.05, 0) is 42.0 Å². The molecule has 6 nitrogen and oxygen atoms in total. The molecule has 0 aliphatic rings. The Balaban J connectivity index is 1.32. The highest BCUT2D eigenvalue weighted by Gasteiger charge is 2.12. The lowest BCUT2D eigenvalue weighted by Gasteiger charge is -2.08. The standard InChI is InChI=1S/C21H16ClFN4O2S/c22-15-2-4-16(5-3-15)29-11-20-26-18(12-30-20)21(28)25-10-14-1-6-19(17(23)9-14)27-8-7-24-13-27/h1-9,12-13H,10-11H2,(H,25,28). The number of hydrogen-bond donors (Lipinski definition) is 1. The van der Waals surface area contributed by atoms with E-state index in [1.807, 2.05) is 0 Å². The van der Waals surface area contributed by atoms with Crippen LogP contribution in [0.2, 0.25) is 5.02 Å². The van der Waals surface area contributed by atoms with Crippen molar-refractivity contribution in [3.05, 3.63) is 93.7 Å². The number of nitrogens with zero attached hydrogens (tertiary/aromatic N) is 3. The normalized spacial score (nSPS) is 10.7. The maximum atomic E-state index is 14.3. The van der Waals surface area contributed by atoms with E-state index >= 15 is 0 Å². The second kappa shape index (κ2) is 9.06. The summed E-state index contributed by atoms with van der Waals surface area (Å²) in [5.74, 6) is -0.0557. The number of ether oxygens (including phenoxy) is 1. The van der Waals surface area contributed by atoms with Crippen LogP contribution in [-0.4, -0.2) is 20.4 Å². The molecular weight excluding hydrogens is 427 g/mol. The van der Waals surface area contributed by atoms with Crippen molar-refractivity contribution in [3.8, 4) is 11.4 Å². The number of benzene rings is 2. The van der Waals surface area contributed by atoms with E-state index in [-0.39, 0.29) is 19.1 Å². The molecule has 0 saturated carbocycles. The number of carbonyl (C=O) groups excluding carboxylic acids is 1. The molecule has 0 spiro atoms. The lowest BCUT2D eigenvalue weighted by molar-refractivity contribution is 0.0946. The van der Waals surface area contributed by atoms with Crippen molar-refractivity contribution in [1.29, 1.82) is 0 Å². The Hall–Kier alpha value is -3.23. The van der Waals surface area contributed by atoms with E-state index < -0.39 is 5.82 Å². The van der Waals surface area contributed by atoms with Crippen LogP contribution in [0.3, 0.4) is 0 Å². The van der Waals surface area contributed by atoms with Crippen LogP contribution in [0.4, 0.5) is 4.39 Å². The summed E-state index contributed by atoms with van der Waals surface area (Å²) < 4.78 is 21.5. The monoisotopic (exact) mass is 442 g/mol. The fourth-order valence-corrected chi connectivity index (χ4v) is 3.51. The molecule has 0 bridgehead atoms. The summed E-state index contributed by atoms with van der Waals surface area (Å²) in [6.45, 7) is 0.439. The Morgan fingerprint density at radius 1 is 1.23 bits per heavy atom. The Morgan fingerprint density at radius 3 is 2.80 bits per heavy atom. The van der Waals surface area contributed by atoms with E-state index in [9.17, 15) is 9.18 Å². The first-order valence-corrected chi connectivity index (χ1v) is 10.2. The van der Waals surface area contributed by atoms with Crippen molar-refractivity contribution in [2.75, 3.05) is 0 Å². The molecular formula is C21H16ClFN4O2S. The van der Waals surface area contributed by atoms with Gasteiger partial charge >= 0.3 is 0 Å². The molecule has 1 N–H and O–H groups in total. The summed E-state index contributed by atoms with van der Waals surface area (Å²) in [5.41, 5.74) is 1.34. The molecule has 2 aromatic carbocycles. The van der Waals surface area contributed by atoms with Crippen molar-refractivity contribution in [2.24, 2.45) is 0 Å². The van der Waals surface area contributed by atoms with Gasteiger partial charge in [0, 0.05) is 29.3 Å². The van der Waals surface area contributed by atoms with Gasteiger partial charge in [-0.2, -0.15) is 0 Å². The fourth-order valence-electron chi connectivity index (χ4n) is 2.70. The number of hydrogen-bond acceptors (Lipinski definition) is 5. The van der Waals surface area contributed by atoms with E-state index in [0.717, 1.165) is 0 Å². The highest BCUT2D eigenvalue weighted by Crippen LogP contribution is 2.19. The second-order valence-corrected chi connectivity index (χ2v) is 7.69. The average molecular weight is 443 g/mol. The van der Waals surface area contributed by atoms with E-state index in [1.165, 1.54) is 23.7 Å². The van der Waals surface area contributed by atoms with E-state index in [2.05, 4.69) is 15.3 Å². The van der Waals surface area contributed by atoms with Crippen molar-refractivity contribution < 1.29 is 13.9 Å². The molecule has 152 valence electrons. The van der Waals surface area contributed by atoms with Gasteiger partial charge in [0.1, 0.15) is 28.9 Å². The second-order valence-electron chi connectivity index (χ2n) is 6.31. The Morgan fingerprint density at radius 2 is 2.07 bits per heavy atom. The van der Waals surface area contributed by atoms with Gasteiger partial charge in [-0.3, -0.25) is 4.79 Å². The van der Waals surface area contributed by atoms with Gasteiger partial charge in [-0.1, -0.05) is 17.7 Å². The van der Waals surface area contributed by atoms with E-state index in [1.54, 1.807) is 58.7 Å². The fraction of sp³-hybridized carbons (Fsp3) is 0.0952. The topological polar surface area (TPSA) is 69.0 Å². The Labute approximate surface area is 180 Å². The van der Waals surface area contributed by atoms with Crippen molar-refractivity contribution in [3.63, 3.8) is 0 Å². The van der Waals surface area contributed by atoms with Gasteiger partial charge in [-0.25, -0.2) is 14.4 Å². The third-order valence-corrected chi connectivity index (χ3v) is 5.28. The van der Waals surface area contributed by atoms with Crippen LogP contribution in [0.25, 0.3) is 5.69 Å². The highest BCUT2D eigenvalue weighted by atomic mass is 35.5. The molecule has 2 aromatic heterocycles. The zero-order chi connectivity index (χ0) is 20.9. The zero-order valence-electron chi connectivity index (χ0n) is 15.6. The molecule has 0 aliphatic carbocycles. The first-order valence-electron chi connectivity index (χ1n) is 8.96. The average Bonchev–Trinajstić information content (AvgIpc) is 3.44. The summed E-state index contributed by atoms with van der Waals surface area (Å²) in [5, 5.41) is 5.72. The molecule has 0 fully saturated rings. The molecule has 0 radical (unpaired) electrons. The quantitative estimate of drug-likeness (QED) is 0.453. The summed E-state index contributed by atoms with van der Waals surface area (Å²) in [7, 11) is 0. The van der Waals surface area contributed by atoms with Gasteiger partial charge < -0.3 is 14.6 Å². The molecule has 4 aromatic rings. The van der Waals surface area contributed by atoms with Gasteiger partial charge in [-0.15, -0.1) is 11.3 Å². The van der Waals surface area contributed by atoms with Crippen LogP contribution < -0.4 is 10.1 Å². The summed E-state index contributed by atoms with van der Waals surface area (Å²) in [6.07, 6.45) is 4.77. The number of halogens is 2. The molecule has 4 rings (SSSR count). The number of aromatic nitrogens is 3. The maximum absolute atomic E-state index is 14.3. The summed E-state index contributed by atoms with van der Waals surface area (Å²) in [4.78, 5) is 20.6. The van der Waals surface area contributed by atoms with Crippen LogP contribution in [0.1, 0.15) is 21.1 Å². The molecule has 1 amide bonds. The predicted molar refractivity (Wildman–Crippen MR) is 113 cm³/mol. The lowest BCUT2D eigenvalue weighted by atomic mass is 10.2. The number of amides is 1. The molecule has 0 saturated heterocycles. The molecule has 30 heavy (non-hydrogen) atoms. The first-order chi connectivity index (χ1) is 14.6. The van der Waals surface area contributed by atoms with Gasteiger partial charge in [0.05, 0.1) is 12.0 Å². The number of nitrogens with one attached hydrogen (secondary N) is 1. The largest absolute Gasteiger partial charge is 0.486 e. The number of imidazole rings is 1. The predicted octanol–water partition coefficient (Wildman–Crippen LogP) is 4.63. The Bertz CT molecular complexity index is 1150. The van der Waals surface area contributed by atoms with Crippen LogP contribution >= 0.6 is 22.9 Å². The van der Waals surface area contributed by atoms with Crippen LogP contribution in [0.5, 0.6) is 5.75 Å². The Kier molecular flexibility index (Phi) is 6.06. The molecule has 9 heteroatoms. The first kappa shape index (κ1) is 20.1. The summed E-state index contributed by atoms with van der Waals surface area (Å²) >= 11 is 7.18. The maximum Gasteiger partial charge on any atom is 0.271 e. The van der Waals surface area contributed by atoms with Crippen molar-refractivity contribution in [2.45, 2.75) is 13.2 Å². The van der Waals surface area contributed by atoms with Gasteiger partial charge in [0.15, 0.2) is 0 Å². The SMILES string of the molecule is O=C(NCc1ccc(-n2ccnc2)c(F)c1)c1csc(COc2ccc(Cl)cc2)n1. The van der Waals surface area contributed by atoms with Gasteiger partial charge in [0.2, 0.25) is 0 Å². The third-order valence-electron chi connectivity index (χ3n) is 4.21. The molecule has 0 unspecified atom stereocenters. The molecule has 0 atom stereocenters. The third kappa shape index (κ3) is 4.84. The zero-order valence-corrected chi connectivity index (χ0v) is 17.2. The minimum atomic E-state index is -0.393. The summed E-state index contributed by atoms with van der Waals surface area (Å²) in [6, 6.07) is 11.8. The minimum absolute atomic E-state index is 0.189. The molecule has 0 aliphatic heterocycles. The molecule has 2 heterocycles. The van der Waals surface area contributed by atoms with Gasteiger partial charge in [0.25, 0.3) is 5.91 Å². The number of rotatable bonds is 7. The lowest BCUT2D eigenvalue weighted by Crippen LogP contribution is -2.23. The smallest absolute Gasteiger partial charge is 0.271 e. The minimum Gasteiger partial charge on any atom is -0.486 e. The van der Waals surface area contributed by atoms with Crippen LogP contribution in [0.15, 0.2) is 66.6 Å². The van der Waals surface area contributed by atoms with Crippen molar-refractivity contribution >= 4 is 28.8 Å².